The van der Waals surface area contributed by atoms with E-state index in [0.29, 0.717) is 12.0 Å². The molecule has 0 bridgehead atoms. The molecule has 1 aromatic rings. The fourth-order valence-electron chi connectivity index (χ4n) is 1.26. The Morgan fingerprint density at radius 1 is 1.50 bits per heavy atom. The first-order valence-electron chi connectivity index (χ1n) is 5.12. The maximum atomic E-state index is 11.6. The van der Waals surface area contributed by atoms with Crippen LogP contribution in [0.25, 0.3) is 0 Å². The summed E-state index contributed by atoms with van der Waals surface area (Å²) in [6.45, 7) is 1.79. The molecule has 0 aliphatic rings. The highest BCUT2D eigenvalue weighted by Crippen LogP contribution is 2.12. The van der Waals surface area contributed by atoms with Crippen LogP contribution in [0.15, 0.2) is 30.3 Å². The summed E-state index contributed by atoms with van der Waals surface area (Å²) >= 11 is 0. The molecular formula is C12H14N2O2. The number of nitrogens with one attached hydrogen (secondary N) is 1. The molecule has 0 radical (unpaired) electrons. The van der Waals surface area contributed by atoms with Gasteiger partial charge in [-0.05, 0) is 12.0 Å². The molecular weight excluding hydrogens is 204 g/mol. The number of nitriles is 1. The number of carbonyl (C=O) groups excluding carboxylic acids is 1. The van der Waals surface area contributed by atoms with Crippen molar-refractivity contribution in [2.45, 2.75) is 25.5 Å². The minimum absolute atomic E-state index is 0.518. The van der Waals surface area contributed by atoms with Crippen molar-refractivity contribution in [1.29, 1.82) is 5.26 Å². The van der Waals surface area contributed by atoms with E-state index in [4.69, 9.17) is 5.26 Å². The van der Waals surface area contributed by atoms with Gasteiger partial charge in [0.05, 0.1) is 6.07 Å². The van der Waals surface area contributed by atoms with E-state index in [-0.39, 0.29) is 0 Å². The molecule has 2 N–H and O–H groups in total. The number of hydrogen-bond donors (Lipinski definition) is 2. The zero-order valence-electron chi connectivity index (χ0n) is 9.05. The Morgan fingerprint density at radius 2 is 2.12 bits per heavy atom. The van der Waals surface area contributed by atoms with Gasteiger partial charge in [-0.1, -0.05) is 37.3 Å². The van der Waals surface area contributed by atoms with Gasteiger partial charge in [-0.3, -0.25) is 4.79 Å². The van der Waals surface area contributed by atoms with Gasteiger partial charge in [0.25, 0.3) is 5.91 Å². The molecule has 0 fully saturated rings. The Hall–Kier alpha value is -1.86. The van der Waals surface area contributed by atoms with Gasteiger partial charge in [0.15, 0.2) is 6.10 Å². The maximum absolute atomic E-state index is 11.6. The summed E-state index contributed by atoms with van der Waals surface area (Å²) in [4.78, 5) is 11.6. The van der Waals surface area contributed by atoms with Gasteiger partial charge in [-0.25, -0.2) is 0 Å². The summed E-state index contributed by atoms with van der Waals surface area (Å²) in [6.07, 6.45) is -0.701. The lowest BCUT2D eigenvalue weighted by atomic mass is 10.1. The number of amides is 1. The van der Waals surface area contributed by atoms with Crippen LogP contribution >= 0.6 is 0 Å². The van der Waals surface area contributed by atoms with Gasteiger partial charge in [0.1, 0.15) is 6.04 Å². The summed E-state index contributed by atoms with van der Waals surface area (Å²) < 4.78 is 0. The smallest absolute Gasteiger partial charge is 0.254 e. The number of aliphatic hydroxyl groups is 1. The molecule has 0 aliphatic carbocycles. The molecule has 1 rings (SSSR count). The highest BCUT2D eigenvalue weighted by molar-refractivity contribution is 5.82. The topological polar surface area (TPSA) is 73.1 Å². The Kier molecular flexibility index (Phi) is 4.49. The molecule has 0 heterocycles. The normalized spacial score (nSPS) is 13.6. The number of carbonyl (C=O) groups is 1. The van der Waals surface area contributed by atoms with Gasteiger partial charge in [0.2, 0.25) is 0 Å². The Balaban J connectivity index is 2.65. The van der Waals surface area contributed by atoms with E-state index in [9.17, 15) is 9.90 Å². The minimum atomic E-state index is -1.22. The maximum Gasteiger partial charge on any atom is 0.254 e. The first kappa shape index (κ1) is 12.2. The average Bonchev–Trinajstić information content (AvgIpc) is 2.35. The van der Waals surface area contributed by atoms with Gasteiger partial charge in [0, 0.05) is 0 Å². The quantitative estimate of drug-likeness (QED) is 0.795. The third-order valence-corrected chi connectivity index (χ3v) is 2.24. The lowest BCUT2D eigenvalue weighted by Gasteiger charge is -2.13. The molecule has 0 aromatic heterocycles. The van der Waals surface area contributed by atoms with E-state index in [2.05, 4.69) is 5.32 Å². The fourth-order valence-corrected chi connectivity index (χ4v) is 1.26. The second-order valence-electron chi connectivity index (χ2n) is 3.41. The first-order valence-corrected chi connectivity index (χ1v) is 5.12. The van der Waals surface area contributed by atoms with Gasteiger partial charge < -0.3 is 10.4 Å². The summed E-state index contributed by atoms with van der Waals surface area (Å²) in [5.74, 6) is -0.542. The van der Waals surface area contributed by atoms with E-state index in [1.54, 1.807) is 37.3 Å². The molecule has 16 heavy (non-hydrogen) atoms. The predicted molar refractivity (Wildman–Crippen MR) is 59.2 cm³/mol. The van der Waals surface area contributed by atoms with E-state index in [1.807, 2.05) is 6.07 Å². The zero-order chi connectivity index (χ0) is 12.0. The number of rotatable bonds is 4. The van der Waals surface area contributed by atoms with Gasteiger partial charge >= 0.3 is 0 Å². The first-order chi connectivity index (χ1) is 7.69. The minimum Gasteiger partial charge on any atom is -0.378 e. The predicted octanol–water partition coefficient (Wildman–Crippen LogP) is 1.14. The lowest BCUT2D eigenvalue weighted by Crippen LogP contribution is -2.36. The van der Waals surface area contributed by atoms with Crippen molar-refractivity contribution >= 4 is 5.91 Å². The summed E-state index contributed by atoms with van der Waals surface area (Å²) in [6, 6.07) is 10.0. The monoisotopic (exact) mass is 218 g/mol. The fraction of sp³-hybridized carbons (Fsp3) is 0.333. The largest absolute Gasteiger partial charge is 0.378 e. The van der Waals surface area contributed by atoms with Crippen LogP contribution in [-0.4, -0.2) is 17.1 Å². The SMILES string of the molecule is CCC(C#N)NC(=O)C(O)c1ccccc1. The molecule has 1 amide bonds. The van der Waals surface area contributed by atoms with Gasteiger partial charge in [-0.2, -0.15) is 5.26 Å². The van der Waals surface area contributed by atoms with Crippen molar-refractivity contribution in [3.8, 4) is 6.07 Å². The molecule has 4 nitrogen and oxygen atoms in total. The number of nitrogens with zero attached hydrogens (tertiary/aromatic N) is 1. The van der Waals surface area contributed by atoms with Crippen molar-refractivity contribution in [3.63, 3.8) is 0 Å². The molecule has 4 heteroatoms. The molecule has 0 aliphatic heterocycles. The third kappa shape index (κ3) is 3.07. The molecule has 2 unspecified atom stereocenters. The van der Waals surface area contributed by atoms with Crippen molar-refractivity contribution < 1.29 is 9.90 Å². The molecule has 1 aromatic carbocycles. The van der Waals surface area contributed by atoms with E-state index in [1.165, 1.54) is 0 Å². The van der Waals surface area contributed by atoms with Crippen LogP contribution < -0.4 is 5.32 Å². The third-order valence-electron chi connectivity index (χ3n) is 2.24. The van der Waals surface area contributed by atoms with Crippen LogP contribution in [0.2, 0.25) is 0 Å². The molecule has 84 valence electrons. The number of benzene rings is 1. The van der Waals surface area contributed by atoms with Gasteiger partial charge in [-0.15, -0.1) is 0 Å². The zero-order valence-corrected chi connectivity index (χ0v) is 9.05. The Labute approximate surface area is 94.5 Å². The van der Waals surface area contributed by atoms with Crippen molar-refractivity contribution in [3.05, 3.63) is 35.9 Å². The average molecular weight is 218 g/mol. The highest BCUT2D eigenvalue weighted by Gasteiger charge is 2.19. The van der Waals surface area contributed by atoms with Crippen molar-refractivity contribution in [2.24, 2.45) is 0 Å². The van der Waals surface area contributed by atoms with Crippen LogP contribution in [0.3, 0.4) is 0 Å². The van der Waals surface area contributed by atoms with Crippen LogP contribution in [0, 0.1) is 11.3 Å². The van der Waals surface area contributed by atoms with Crippen molar-refractivity contribution in [2.75, 3.05) is 0 Å². The standard InChI is InChI=1S/C12H14N2O2/c1-2-10(8-13)14-12(16)11(15)9-6-4-3-5-7-9/h3-7,10-11,15H,2H2,1H3,(H,14,16). The Morgan fingerprint density at radius 3 is 2.62 bits per heavy atom. The van der Waals surface area contributed by atoms with Crippen LogP contribution in [-0.2, 0) is 4.79 Å². The Bertz CT molecular complexity index is 384. The van der Waals surface area contributed by atoms with Crippen LogP contribution in [0.4, 0.5) is 0 Å². The van der Waals surface area contributed by atoms with Crippen LogP contribution in [0.1, 0.15) is 25.0 Å². The number of aliphatic hydroxyl groups excluding tert-OH is 1. The van der Waals surface area contributed by atoms with E-state index in [0.717, 1.165) is 0 Å². The molecule has 0 spiro atoms. The second kappa shape index (κ2) is 5.89. The molecule has 2 atom stereocenters. The second-order valence-corrected chi connectivity index (χ2v) is 3.41. The highest BCUT2D eigenvalue weighted by atomic mass is 16.3. The molecule has 0 saturated heterocycles. The van der Waals surface area contributed by atoms with Crippen LogP contribution in [0.5, 0.6) is 0 Å². The number of hydrogen-bond acceptors (Lipinski definition) is 3. The summed E-state index contributed by atoms with van der Waals surface area (Å²) in [5, 5.41) is 20.9. The molecule has 0 saturated carbocycles. The summed E-state index contributed by atoms with van der Waals surface area (Å²) in [5.41, 5.74) is 0.521. The lowest BCUT2D eigenvalue weighted by molar-refractivity contribution is -0.130. The summed E-state index contributed by atoms with van der Waals surface area (Å²) in [7, 11) is 0. The van der Waals surface area contributed by atoms with Crippen molar-refractivity contribution in [1.82, 2.24) is 5.32 Å². The van der Waals surface area contributed by atoms with E-state index >= 15 is 0 Å². The van der Waals surface area contributed by atoms with E-state index < -0.39 is 18.1 Å².